The van der Waals surface area contributed by atoms with Crippen LogP contribution >= 0.6 is 11.6 Å². The molecule has 1 aliphatic carbocycles. The maximum atomic E-state index is 11.6. The van der Waals surface area contributed by atoms with Crippen molar-refractivity contribution in [3.8, 4) is 0 Å². The third-order valence-corrected chi connectivity index (χ3v) is 5.33. The summed E-state index contributed by atoms with van der Waals surface area (Å²) in [7, 11) is 0. The standard InChI is InChI=1S/C19H23ClN2O/c1-18(2)9-3-4-16(12-15-5-7-17(20)8-6-15)19(18,23)13-22-11-10-21-14-22/h5-8,10-12,14,23H,3-4,9,13H2,1-2H3/b16-12+. The molecule has 3 rings (SSSR count). The number of halogens is 1. The normalized spacial score (nSPS) is 25.7. The van der Waals surface area contributed by atoms with Crippen LogP contribution in [0.25, 0.3) is 6.08 Å². The number of hydrogen-bond donors (Lipinski definition) is 1. The first-order valence-electron chi connectivity index (χ1n) is 8.05. The van der Waals surface area contributed by atoms with Gasteiger partial charge in [-0.3, -0.25) is 0 Å². The van der Waals surface area contributed by atoms with E-state index in [9.17, 15) is 5.11 Å². The fraction of sp³-hybridized carbons (Fsp3) is 0.421. The summed E-state index contributed by atoms with van der Waals surface area (Å²) in [6, 6.07) is 7.76. The van der Waals surface area contributed by atoms with Gasteiger partial charge in [-0.05, 0) is 47.9 Å². The van der Waals surface area contributed by atoms with Gasteiger partial charge in [0.1, 0.15) is 5.60 Å². The molecule has 1 aromatic heterocycles. The van der Waals surface area contributed by atoms with Crippen molar-refractivity contribution in [3.63, 3.8) is 0 Å². The molecule has 1 aliphatic rings. The summed E-state index contributed by atoms with van der Waals surface area (Å²) in [5, 5.41) is 12.3. The Balaban J connectivity index is 2.00. The fourth-order valence-corrected chi connectivity index (χ4v) is 3.61. The third kappa shape index (κ3) is 3.22. The first-order chi connectivity index (χ1) is 10.9. The van der Waals surface area contributed by atoms with E-state index in [-0.39, 0.29) is 5.41 Å². The Labute approximate surface area is 142 Å². The van der Waals surface area contributed by atoms with Crippen molar-refractivity contribution in [1.82, 2.24) is 9.55 Å². The quantitative estimate of drug-likeness (QED) is 0.895. The Bertz CT molecular complexity index is 689. The molecule has 1 N–H and O–H groups in total. The molecule has 1 heterocycles. The average Bonchev–Trinajstić information content (AvgIpc) is 2.99. The summed E-state index contributed by atoms with van der Waals surface area (Å²) in [6.07, 6.45) is 10.6. The molecule has 0 spiro atoms. The molecule has 0 radical (unpaired) electrons. The van der Waals surface area contributed by atoms with Crippen LogP contribution in [0.2, 0.25) is 5.02 Å². The minimum absolute atomic E-state index is 0.187. The Morgan fingerprint density at radius 3 is 2.70 bits per heavy atom. The van der Waals surface area contributed by atoms with E-state index >= 15 is 0 Å². The lowest BCUT2D eigenvalue weighted by molar-refractivity contribution is -0.0670. The second-order valence-corrected chi connectivity index (χ2v) is 7.49. The van der Waals surface area contributed by atoms with Gasteiger partial charge in [0.2, 0.25) is 0 Å². The molecule has 1 atom stereocenters. The van der Waals surface area contributed by atoms with E-state index in [1.807, 2.05) is 35.0 Å². The molecule has 4 heteroatoms. The fourth-order valence-electron chi connectivity index (χ4n) is 3.48. The van der Waals surface area contributed by atoms with Crippen LogP contribution in [0.5, 0.6) is 0 Å². The van der Waals surface area contributed by atoms with E-state index in [0.717, 1.165) is 35.4 Å². The van der Waals surface area contributed by atoms with Gasteiger partial charge in [-0.15, -0.1) is 0 Å². The number of nitrogens with zero attached hydrogens (tertiary/aromatic N) is 2. The number of imidazole rings is 1. The predicted octanol–water partition coefficient (Wildman–Crippen LogP) is 4.56. The lowest BCUT2D eigenvalue weighted by Crippen LogP contribution is -2.51. The van der Waals surface area contributed by atoms with Crippen molar-refractivity contribution in [1.29, 1.82) is 0 Å². The first kappa shape index (κ1) is 16.3. The third-order valence-electron chi connectivity index (χ3n) is 5.08. The lowest BCUT2D eigenvalue weighted by Gasteiger charge is -2.48. The van der Waals surface area contributed by atoms with Crippen LogP contribution in [0.3, 0.4) is 0 Å². The largest absolute Gasteiger partial charge is 0.383 e. The zero-order valence-corrected chi connectivity index (χ0v) is 14.4. The molecule has 2 aromatic rings. The van der Waals surface area contributed by atoms with Crippen LogP contribution in [0, 0.1) is 5.41 Å². The van der Waals surface area contributed by atoms with Crippen molar-refractivity contribution in [2.75, 3.05) is 0 Å². The van der Waals surface area contributed by atoms with E-state index in [0.29, 0.717) is 6.54 Å². The molecule has 0 saturated heterocycles. The number of rotatable bonds is 3. The van der Waals surface area contributed by atoms with Gasteiger partial charge in [-0.1, -0.05) is 43.7 Å². The van der Waals surface area contributed by atoms with Gasteiger partial charge >= 0.3 is 0 Å². The highest BCUT2D eigenvalue weighted by atomic mass is 35.5. The Morgan fingerprint density at radius 1 is 1.30 bits per heavy atom. The van der Waals surface area contributed by atoms with Gasteiger partial charge in [0, 0.05) is 17.4 Å². The van der Waals surface area contributed by atoms with E-state index in [1.165, 1.54) is 0 Å². The van der Waals surface area contributed by atoms with Crippen molar-refractivity contribution in [2.24, 2.45) is 5.41 Å². The highest BCUT2D eigenvalue weighted by Crippen LogP contribution is 2.48. The minimum Gasteiger partial charge on any atom is -0.383 e. The van der Waals surface area contributed by atoms with Gasteiger partial charge in [0.25, 0.3) is 0 Å². The van der Waals surface area contributed by atoms with Gasteiger partial charge in [-0.25, -0.2) is 4.98 Å². The molecule has 1 aromatic carbocycles. The number of aromatic nitrogens is 2. The summed E-state index contributed by atoms with van der Waals surface area (Å²) >= 11 is 5.97. The van der Waals surface area contributed by atoms with Gasteiger partial charge in [0.05, 0.1) is 12.9 Å². The summed E-state index contributed by atoms with van der Waals surface area (Å²) in [5.41, 5.74) is 1.09. The Morgan fingerprint density at radius 2 is 2.04 bits per heavy atom. The second-order valence-electron chi connectivity index (χ2n) is 7.05. The van der Waals surface area contributed by atoms with Crippen LogP contribution in [-0.4, -0.2) is 20.3 Å². The van der Waals surface area contributed by atoms with Gasteiger partial charge in [0.15, 0.2) is 0 Å². The molecule has 0 amide bonds. The molecule has 122 valence electrons. The molecule has 1 saturated carbocycles. The van der Waals surface area contributed by atoms with Crippen molar-refractivity contribution in [2.45, 2.75) is 45.3 Å². The molecule has 0 aliphatic heterocycles. The zero-order chi connectivity index (χ0) is 16.5. The SMILES string of the molecule is CC1(C)CCC/C(=C\c2ccc(Cl)cc2)C1(O)Cn1ccnc1. The average molecular weight is 331 g/mol. The molecular weight excluding hydrogens is 308 g/mol. The highest BCUT2D eigenvalue weighted by Gasteiger charge is 2.48. The molecule has 23 heavy (non-hydrogen) atoms. The second kappa shape index (κ2) is 6.14. The highest BCUT2D eigenvalue weighted by molar-refractivity contribution is 6.30. The van der Waals surface area contributed by atoms with E-state index in [2.05, 4.69) is 24.9 Å². The van der Waals surface area contributed by atoms with Gasteiger partial charge < -0.3 is 9.67 Å². The van der Waals surface area contributed by atoms with Crippen molar-refractivity contribution >= 4 is 17.7 Å². The Kier molecular flexibility index (Phi) is 4.35. The van der Waals surface area contributed by atoms with Crippen molar-refractivity contribution < 1.29 is 5.11 Å². The van der Waals surface area contributed by atoms with E-state index < -0.39 is 5.60 Å². The zero-order valence-electron chi connectivity index (χ0n) is 13.7. The molecule has 0 bridgehead atoms. The minimum atomic E-state index is -0.883. The predicted molar refractivity (Wildman–Crippen MR) is 94.2 cm³/mol. The Hall–Kier alpha value is -1.58. The van der Waals surface area contributed by atoms with E-state index in [1.54, 1.807) is 12.5 Å². The van der Waals surface area contributed by atoms with Gasteiger partial charge in [-0.2, -0.15) is 0 Å². The van der Waals surface area contributed by atoms with Crippen LogP contribution in [0.15, 0.2) is 48.6 Å². The molecular formula is C19H23ClN2O. The number of benzene rings is 1. The summed E-state index contributed by atoms with van der Waals surface area (Å²) in [5.74, 6) is 0. The maximum absolute atomic E-state index is 11.6. The van der Waals surface area contributed by atoms with Crippen LogP contribution in [0.1, 0.15) is 38.7 Å². The molecule has 3 nitrogen and oxygen atoms in total. The van der Waals surface area contributed by atoms with Crippen LogP contribution < -0.4 is 0 Å². The number of hydrogen-bond acceptors (Lipinski definition) is 2. The lowest BCUT2D eigenvalue weighted by atomic mass is 9.62. The summed E-state index contributed by atoms with van der Waals surface area (Å²) in [4.78, 5) is 4.10. The first-order valence-corrected chi connectivity index (χ1v) is 8.43. The summed E-state index contributed by atoms with van der Waals surface area (Å²) in [6.45, 7) is 4.83. The number of aliphatic hydroxyl groups is 1. The van der Waals surface area contributed by atoms with Crippen molar-refractivity contribution in [3.05, 3.63) is 59.1 Å². The molecule has 1 fully saturated rings. The van der Waals surface area contributed by atoms with Crippen LogP contribution in [-0.2, 0) is 6.54 Å². The smallest absolute Gasteiger partial charge is 0.109 e. The molecule has 1 unspecified atom stereocenters. The van der Waals surface area contributed by atoms with Crippen LogP contribution in [0.4, 0.5) is 0 Å². The summed E-state index contributed by atoms with van der Waals surface area (Å²) < 4.78 is 1.96. The monoisotopic (exact) mass is 330 g/mol. The maximum Gasteiger partial charge on any atom is 0.109 e. The topological polar surface area (TPSA) is 38.0 Å². The van der Waals surface area contributed by atoms with E-state index in [4.69, 9.17) is 11.6 Å².